The number of aromatic nitrogens is 3. The maximum absolute atomic E-state index is 12.4. The number of hydrogen-bond acceptors (Lipinski definition) is 4. The molecule has 0 aliphatic carbocycles. The lowest BCUT2D eigenvalue weighted by atomic mass is 9.93. The Hall–Kier alpha value is -1.92. The highest BCUT2D eigenvalue weighted by Gasteiger charge is 2.41. The quantitative estimate of drug-likeness (QED) is 0.846. The molecule has 2 rings (SSSR count). The average Bonchev–Trinajstić information content (AvgIpc) is 2.80. The average molecular weight is 279 g/mol. The zero-order chi connectivity index (χ0) is 14.9. The number of carbonyl (C=O) groups is 2. The molecule has 7 nitrogen and oxygen atoms in total. The van der Waals surface area contributed by atoms with E-state index in [1.165, 1.54) is 6.33 Å². The Kier molecular flexibility index (Phi) is 4.06. The molecule has 3 unspecified atom stereocenters. The number of piperazine rings is 1. The van der Waals surface area contributed by atoms with Crippen LogP contribution in [0, 0.1) is 5.92 Å². The first-order chi connectivity index (χ1) is 9.45. The van der Waals surface area contributed by atoms with Crippen LogP contribution in [0.5, 0.6) is 0 Å². The van der Waals surface area contributed by atoms with E-state index < -0.39 is 12.1 Å². The molecule has 1 aromatic heterocycles. The molecule has 0 saturated carbocycles. The molecule has 1 aliphatic heterocycles. The third kappa shape index (κ3) is 2.52. The normalized spacial score (nSPS) is 24.7. The second-order valence-corrected chi connectivity index (χ2v) is 5.33. The van der Waals surface area contributed by atoms with Crippen molar-refractivity contribution < 1.29 is 9.59 Å². The highest BCUT2D eigenvalue weighted by molar-refractivity contribution is 5.96. The molecular formula is C13H21N5O2. The van der Waals surface area contributed by atoms with E-state index in [4.69, 9.17) is 0 Å². The Balaban J connectivity index is 2.29. The van der Waals surface area contributed by atoms with Crippen LogP contribution in [0.15, 0.2) is 6.33 Å². The van der Waals surface area contributed by atoms with Gasteiger partial charge in [0.25, 0.3) is 0 Å². The summed E-state index contributed by atoms with van der Waals surface area (Å²) in [5.41, 5.74) is 0. The molecule has 1 saturated heterocycles. The summed E-state index contributed by atoms with van der Waals surface area (Å²) in [5, 5.41) is 6.75. The summed E-state index contributed by atoms with van der Waals surface area (Å²) < 4.78 is 1.62. The summed E-state index contributed by atoms with van der Waals surface area (Å²) in [7, 11) is 1.78. The van der Waals surface area contributed by atoms with Gasteiger partial charge in [-0.1, -0.05) is 20.3 Å². The fraction of sp³-hybridized carbons (Fsp3) is 0.692. The molecule has 2 heterocycles. The van der Waals surface area contributed by atoms with Crippen LogP contribution >= 0.6 is 0 Å². The fourth-order valence-corrected chi connectivity index (χ4v) is 2.47. The van der Waals surface area contributed by atoms with Crippen LogP contribution in [0.1, 0.15) is 33.0 Å². The first-order valence-corrected chi connectivity index (χ1v) is 6.89. The van der Waals surface area contributed by atoms with Crippen molar-refractivity contribution >= 4 is 11.8 Å². The lowest BCUT2D eigenvalue weighted by Crippen LogP contribution is -2.63. The number of aryl methyl sites for hydroxylation is 1. The standard InChI is InChI=1S/C13H21N5O2/c1-5-8(2)11-12(19)16-9(3)13(20)18(11)6-10-14-7-15-17(10)4/h7-9,11H,5-6H2,1-4H3,(H,16,19). The van der Waals surface area contributed by atoms with Gasteiger partial charge in [0.1, 0.15) is 24.2 Å². The second-order valence-electron chi connectivity index (χ2n) is 5.33. The van der Waals surface area contributed by atoms with Gasteiger partial charge in [0.15, 0.2) is 0 Å². The van der Waals surface area contributed by atoms with Crippen molar-refractivity contribution in [3.8, 4) is 0 Å². The van der Waals surface area contributed by atoms with Gasteiger partial charge in [-0.25, -0.2) is 4.98 Å². The van der Waals surface area contributed by atoms with Crippen LogP contribution in [0.25, 0.3) is 0 Å². The minimum absolute atomic E-state index is 0.0714. The van der Waals surface area contributed by atoms with Gasteiger partial charge in [-0.05, 0) is 12.8 Å². The van der Waals surface area contributed by atoms with E-state index in [-0.39, 0.29) is 17.7 Å². The third-order valence-corrected chi connectivity index (χ3v) is 3.92. The third-order valence-electron chi connectivity index (χ3n) is 3.92. The molecular weight excluding hydrogens is 258 g/mol. The van der Waals surface area contributed by atoms with Crippen molar-refractivity contribution in [2.24, 2.45) is 13.0 Å². The first kappa shape index (κ1) is 14.5. The number of carbonyl (C=O) groups excluding carboxylic acids is 2. The van der Waals surface area contributed by atoms with Gasteiger partial charge >= 0.3 is 0 Å². The molecule has 20 heavy (non-hydrogen) atoms. The number of amides is 2. The molecule has 0 spiro atoms. The van der Waals surface area contributed by atoms with Crippen molar-refractivity contribution in [1.82, 2.24) is 25.0 Å². The van der Waals surface area contributed by atoms with Gasteiger partial charge in [-0.2, -0.15) is 5.10 Å². The van der Waals surface area contributed by atoms with Gasteiger partial charge in [0.05, 0.1) is 6.54 Å². The molecule has 1 aliphatic rings. The maximum atomic E-state index is 12.4. The second kappa shape index (κ2) is 5.60. The summed E-state index contributed by atoms with van der Waals surface area (Å²) in [5.74, 6) is 0.611. The number of nitrogens with one attached hydrogen (secondary N) is 1. The molecule has 1 N–H and O–H groups in total. The summed E-state index contributed by atoms with van der Waals surface area (Å²) in [6, 6.07) is -0.934. The van der Waals surface area contributed by atoms with Crippen LogP contribution in [-0.4, -0.2) is 43.6 Å². The molecule has 0 aromatic carbocycles. The Morgan fingerprint density at radius 2 is 2.15 bits per heavy atom. The van der Waals surface area contributed by atoms with Crippen LogP contribution in [0.2, 0.25) is 0 Å². The van der Waals surface area contributed by atoms with E-state index in [1.54, 1.807) is 23.6 Å². The van der Waals surface area contributed by atoms with Crippen molar-refractivity contribution in [3.63, 3.8) is 0 Å². The topological polar surface area (TPSA) is 80.1 Å². The fourth-order valence-electron chi connectivity index (χ4n) is 2.47. The predicted molar refractivity (Wildman–Crippen MR) is 72.4 cm³/mol. The van der Waals surface area contributed by atoms with Gasteiger partial charge in [-0.3, -0.25) is 14.3 Å². The summed E-state index contributed by atoms with van der Waals surface area (Å²) >= 11 is 0. The van der Waals surface area contributed by atoms with Gasteiger partial charge < -0.3 is 10.2 Å². The van der Waals surface area contributed by atoms with Gasteiger partial charge in [0, 0.05) is 7.05 Å². The van der Waals surface area contributed by atoms with Gasteiger partial charge in [-0.15, -0.1) is 0 Å². The molecule has 7 heteroatoms. The zero-order valence-electron chi connectivity index (χ0n) is 12.3. The lowest BCUT2D eigenvalue weighted by molar-refractivity contribution is -0.151. The number of hydrogen-bond donors (Lipinski definition) is 1. The van der Waals surface area contributed by atoms with Crippen molar-refractivity contribution in [3.05, 3.63) is 12.2 Å². The van der Waals surface area contributed by atoms with Crippen LogP contribution in [0.3, 0.4) is 0 Å². The summed E-state index contributed by atoms with van der Waals surface area (Å²) in [6.07, 6.45) is 2.28. The van der Waals surface area contributed by atoms with Crippen molar-refractivity contribution in [2.75, 3.05) is 0 Å². The molecule has 110 valence electrons. The van der Waals surface area contributed by atoms with Crippen molar-refractivity contribution in [2.45, 2.75) is 45.8 Å². The molecule has 3 atom stereocenters. The van der Waals surface area contributed by atoms with Crippen LogP contribution in [-0.2, 0) is 23.2 Å². The molecule has 1 fully saturated rings. The van der Waals surface area contributed by atoms with Crippen molar-refractivity contribution in [1.29, 1.82) is 0 Å². The van der Waals surface area contributed by atoms with E-state index in [0.717, 1.165) is 6.42 Å². The zero-order valence-corrected chi connectivity index (χ0v) is 12.3. The Labute approximate surface area is 118 Å². The highest BCUT2D eigenvalue weighted by atomic mass is 16.2. The van der Waals surface area contributed by atoms with E-state index in [9.17, 15) is 9.59 Å². The SMILES string of the molecule is CCC(C)C1C(=O)NC(C)C(=O)N1Cc1ncnn1C. The van der Waals surface area contributed by atoms with Crippen LogP contribution < -0.4 is 5.32 Å². The first-order valence-electron chi connectivity index (χ1n) is 6.89. The monoisotopic (exact) mass is 279 g/mol. The highest BCUT2D eigenvalue weighted by Crippen LogP contribution is 2.21. The maximum Gasteiger partial charge on any atom is 0.245 e. The molecule has 2 amide bonds. The molecule has 0 bridgehead atoms. The summed E-state index contributed by atoms with van der Waals surface area (Å²) in [6.45, 7) is 6.01. The largest absolute Gasteiger partial charge is 0.343 e. The number of rotatable bonds is 4. The van der Waals surface area contributed by atoms with E-state index in [0.29, 0.717) is 12.4 Å². The smallest absolute Gasteiger partial charge is 0.245 e. The Morgan fingerprint density at radius 1 is 1.45 bits per heavy atom. The Morgan fingerprint density at radius 3 is 2.70 bits per heavy atom. The van der Waals surface area contributed by atoms with Gasteiger partial charge in [0.2, 0.25) is 11.8 Å². The predicted octanol–water partition coefficient (Wildman–Crippen LogP) is 0.0767. The molecule has 1 aromatic rings. The van der Waals surface area contributed by atoms with Crippen LogP contribution in [0.4, 0.5) is 0 Å². The van der Waals surface area contributed by atoms with E-state index >= 15 is 0 Å². The number of nitrogens with zero attached hydrogens (tertiary/aromatic N) is 4. The van der Waals surface area contributed by atoms with E-state index in [1.807, 2.05) is 13.8 Å². The molecule has 0 radical (unpaired) electrons. The summed E-state index contributed by atoms with van der Waals surface area (Å²) in [4.78, 5) is 30.4. The lowest BCUT2D eigenvalue weighted by Gasteiger charge is -2.40. The Bertz CT molecular complexity index is 513. The van der Waals surface area contributed by atoms with E-state index in [2.05, 4.69) is 15.4 Å². The minimum Gasteiger partial charge on any atom is -0.343 e. The minimum atomic E-state index is -0.490.